The van der Waals surface area contributed by atoms with Crippen molar-refractivity contribution in [3.63, 3.8) is 0 Å². The first-order valence-electron chi connectivity index (χ1n) is 4.61. The lowest BCUT2D eigenvalue weighted by atomic mass is 10.1. The molecule has 0 aromatic carbocycles. The van der Waals surface area contributed by atoms with E-state index in [4.69, 9.17) is 10.5 Å². The Balaban J connectivity index is 3.50. The van der Waals surface area contributed by atoms with Gasteiger partial charge in [0.15, 0.2) is 0 Å². The van der Waals surface area contributed by atoms with Gasteiger partial charge in [0.2, 0.25) is 5.91 Å². The average Bonchev–Trinajstić information content (AvgIpc) is 2.10. The van der Waals surface area contributed by atoms with E-state index in [0.29, 0.717) is 13.2 Å². The number of ether oxygens (including phenoxy) is 1. The van der Waals surface area contributed by atoms with E-state index in [-0.39, 0.29) is 11.8 Å². The molecule has 0 heterocycles. The van der Waals surface area contributed by atoms with Crippen molar-refractivity contribution in [2.45, 2.75) is 26.3 Å². The monoisotopic (exact) mass is 188 g/mol. The first kappa shape index (κ1) is 12.4. The number of amides is 1. The number of carbonyl (C=O) groups is 1. The zero-order valence-electron chi connectivity index (χ0n) is 8.67. The van der Waals surface area contributed by atoms with Crippen LogP contribution in [0.25, 0.3) is 0 Å². The molecule has 78 valence electrons. The summed E-state index contributed by atoms with van der Waals surface area (Å²) < 4.78 is 4.85. The Labute approximate surface area is 79.8 Å². The Morgan fingerprint density at radius 1 is 1.54 bits per heavy atom. The molecule has 3 N–H and O–H groups in total. The highest BCUT2D eigenvalue weighted by molar-refractivity contribution is 5.81. The summed E-state index contributed by atoms with van der Waals surface area (Å²) in [6.45, 7) is 5.16. The second kappa shape index (κ2) is 6.86. The SMILES string of the molecule is COCCCNC(=O)[C@@H](N)C(C)C. The number of nitrogens with one attached hydrogen (secondary N) is 1. The summed E-state index contributed by atoms with van der Waals surface area (Å²) >= 11 is 0. The van der Waals surface area contributed by atoms with Crippen LogP contribution in [0.1, 0.15) is 20.3 Å². The summed E-state index contributed by atoms with van der Waals surface area (Å²) in [5.74, 6) is 0.105. The molecule has 0 aromatic heterocycles. The van der Waals surface area contributed by atoms with Crippen LogP contribution >= 0.6 is 0 Å². The lowest BCUT2D eigenvalue weighted by molar-refractivity contribution is -0.123. The van der Waals surface area contributed by atoms with E-state index >= 15 is 0 Å². The van der Waals surface area contributed by atoms with Crippen molar-refractivity contribution in [3.05, 3.63) is 0 Å². The van der Waals surface area contributed by atoms with E-state index in [1.165, 1.54) is 0 Å². The van der Waals surface area contributed by atoms with Gasteiger partial charge in [-0.3, -0.25) is 4.79 Å². The molecular formula is C9H20N2O2. The third kappa shape index (κ3) is 5.60. The fraction of sp³-hybridized carbons (Fsp3) is 0.889. The number of carbonyl (C=O) groups excluding carboxylic acids is 1. The Hall–Kier alpha value is -0.610. The minimum Gasteiger partial charge on any atom is -0.385 e. The van der Waals surface area contributed by atoms with Crippen LogP contribution in [0.4, 0.5) is 0 Å². The zero-order chi connectivity index (χ0) is 10.3. The van der Waals surface area contributed by atoms with Crippen LogP contribution < -0.4 is 11.1 Å². The van der Waals surface area contributed by atoms with Crippen LogP contribution in [-0.2, 0) is 9.53 Å². The fourth-order valence-electron chi connectivity index (χ4n) is 0.849. The number of hydrogen-bond acceptors (Lipinski definition) is 3. The summed E-state index contributed by atoms with van der Waals surface area (Å²) in [5.41, 5.74) is 5.63. The number of rotatable bonds is 6. The molecule has 0 rings (SSSR count). The maximum Gasteiger partial charge on any atom is 0.237 e. The summed E-state index contributed by atoms with van der Waals surface area (Å²) in [6.07, 6.45) is 0.826. The predicted octanol–water partition coefficient (Wildman–Crippen LogP) is 0.122. The van der Waals surface area contributed by atoms with E-state index in [1.807, 2.05) is 13.8 Å². The normalized spacial score (nSPS) is 13.0. The highest BCUT2D eigenvalue weighted by atomic mass is 16.5. The molecule has 4 nitrogen and oxygen atoms in total. The molecule has 0 saturated carbocycles. The maximum absolute atomic E-state index is 11.3. The number of methoxy groups -OCH3 is 1. The molecule has 1 amide bonds. The van der Waals surface area contributed by atoms with E-state index in [9.17, 15) is 4.79 Å². The second-order valence-electron chi connectivity index (χ2n) is 3.41. The van der Waals surface area contributed by atoms with Gasteiger partial charge in [-0.2, -0.15) is 0 Å². The quantitative estimate of drug-likeness (QED) is 0.582. The second-order valence-corrected chi connectivity index (χ2v) is 3.41. The standard InChI is InChI=1S/C9H20N2O2/c1-7(2)8(10)9(12)11-5-4-6-13-3/h7-8H,4-6,10H2,1-3H3,(H,11,12)/t8-/m0/s1. The largest absolute Gasteiger partial charge is 0.385 e. The van der Waals surface area contributed by atoms with E-state index in [2.05, 4.69) is 5.32 Å². The molecule has 0 aliphatic rings. The summed E-state index contributed by atoms with van der Waals surface area (Å²) in [5, 5.41) is 2.75. The molecule has 4 heteroatoms. The van der Waals surface area contributed by atoms with Gasteiger partial charge in [0, 0.05) is 20.3 Å². The molecule has 0 fully saturated rings. The van der Waals surface area contributed by atoms with Crippen molar-refractivity contribution in [3.8, 4) is 0 Å². The summed E-state index contributed by atoms with van der Waals surface area (Å²) in [7, 11) is 1.64. The van der Waals surface area contributed by atoms with Crippen molar-refractivity contribution in [2.75, 3.05) is 20.3 Å². The van der Waals surface area contributed by atoms with Crippen molar-refractivity contribution >= 4 is 5.91 Å². The van der Waals surface area contributed by atoms with Gasteiger partial charge < -0.3 is 15.8 Å². The highest BCUT2D eigenvalue weighted by Gasteiger charge is 2.15. The Morgan fingerprint density at radius 3 is 2.62 bits per heavy atom. The molecule has 0 bridgehead atoms. The maximum atomic E-state index is 11.3. The van der Waals surface area contributed by atoms with Crippen molar-refractivity contribution in [1.29, 1.82) is 0 Å². The molecule has 0 radical (unpaired) electrons. The number of hydrogen-bond donors (Lipinski definition) is 2. The third-order valence-corrected chi connectivity index (χ3v) is 1.85. The predicted molar refractivity (Wildman–Crippen MR) is 52.3 cm³/mol. The van der Waals surface area contributed by atoms with Gasteiger partial charge in [0.05, 0.1) is 6.04 Å². The van der Waals surface area contributed by atoms with Gasteiger partial charge in [-0.15, -0.1) is 0 Å². The molecule has 1 atom stereocenters. The van der Waals surface area contributed by atoms with E-state index < -0.39 is 6.04 Å². The smallest absolute Gasteiger partial charge is 0.237 e. The fourth-order valence-corrected chi connectivity index (χ4v) is 0.849. The zero-order valence-corrected chi connectivity index (χ0v) is 8.67. The molecule has 0 spiro atoms. The molecule has 13 heavy (non-hydrogen) atoms. The lowest BCUT2D eigenvalue weighted by Gasteiger charge is -2.14. The van der Waals surface area contributed by atoms with Crippen LogP contribution in [0.5, 0.6) is 0 Å². The molecule has 0 aromatic rings. The van der Waals surface area contributed by atoms with Gasteiger partial charge in [-0.25, -0.2) is 0 Å². The van der Waals surface area contributed by atoms with Crippen LogP contribution in [0.15, 0.2) is 0 Å². The van der Waals surface area contributed by atoms with Crippen molar-refractivity contribution < 1.29 is 9.53 Å². The highest BCUT2D eigenvalue weighted by Crippen LogP contribution is 1.97. The van der Waals surface area contributed by atoms with Crippen molar-refractivity contribution in [2.24, 2.45) is 11.7 Å². The molecule has 0 saturated heterocycles. The van der Waals surface area contributed by atoms with Gasteiger partial charge in [0.1, 0.15) is 0 Å². The van der Waals surface area contributed by atoms with Crippen molar-refractivity contribution in [1.82, 2.24) is 5.32 Å². The van der Waals surface area contributed by atoms with Gasteiger partial charge in [-0.1, -0.05) is 13.8 Å². The van der Waals surface area contributed by atoms with Crippen LogP contribution in [0, 0.1) is 5.92 Å². The number of nitrogens with two attached hydrogens (primary N) is 1. The molecular weight excluding hydrogens is 168 g/mol. The first-order valence-corrected chi connectivity index (χ1v) is 4.61. The Bertz CT molecular complexity index is 149. The summed E-state index contributed by atoms with van der Waals surface area (Å²) in [6, 6.07) is -0.400. The van der Waals surface area contributed by atoms with Crippen LogP contribution in [0.2, 0.25) is 0 Å². The van der Waals surface area contributed by atoms with E-state index in [1.54, 1.807) is 7.11 Å². The van der Waals surface area contributed by atoms with Crippen LogP contribution in [-0.4, -0.2) is 32.2 Å². The van der Waals surface area contributed by atoms with Gasteiger partial charge >= 0.3 is 0 Å². The Kier molecular flexibility index (Phi) is 6.54. The van der Waals surface area contributed by atoms with Gasteiger partial charge in [0.25, 0.3) is 0 Å². The molecule has 0 aliphatic heterocycles. The first-order chi connectivity index (χ1) is 6.09. The minimum atomic E-state index is -0.400. The van der Waals surface area contributed by atoms with Gasteiger partial charge in [-0.05, 0) is 12.3 Å². The third-order valence-electron chi connectivity index (χ3n) is 1.85. The van der Waals surface area contributed by atoms with E-state index in [0.717, 1.165) is 6.42 Å². The lowest BCUT2D eigenvalue weighted by Crippen LogP contribution is -2.44. The summed E-state index contributed by atoms with van der Waals surface area (Å²) in [4.78, 5) is 11.3. The Morgan fingerprint density at radius 2 is 2.15 bits per heavy atom. The molecule has 0 aliphatic carbocycles. The average molecular weight is 188 g/mol. The minimum absolute atomic E-state index is 0.0777. The van der Waals surface area contributed by atoms with Crippen LogP contribution in [0.3, 0.4) is 0 Å². The molecule has 0 unspecified atom stereocenters. The topological polar surface area (TPSA) is 64.3 Å².